The molecule has 2 aromatic carbocycles. The van der Waals surface area contributed by atoms with Crippen LogP contribution in [0, 0.1) is 5.82 Å². The highest BCUT2D eigenvalue weighted by Gasteiger charge is 2.31. The average molecular weight is 500 g/mol. The topological polar surface area (TPSA) is 96.0 Å². The number of nitrogens with zero attached hydrogens (tertiary/aromatic N) is 2. The molecule has 2 amide bonds. The van der Waals surface area contributed by atoms with Gasteiger partial charge in [0.2, 0.25) is 21.8 Å². The number of hydrogen-bond acceptors (Lipinski definition) is 5. The Morgan fingerprint density at radius 2 is 1.82 bits per heavy atom. The summed E-state index contributed by atoms with van der Waals surface area (Å²) in [5, 5.41) is 2.70. The molecule has 0 saturated heterocycles. The molecule has 180 valence electrons. The lowest BCUT2D eigenvalue weighted by atomic mass is 10.1. The Hall–Kier alpha value is -2.85. The van der Waals surface area contributed by atoms with E-state index in [0.29, 0.717) is 17.7 Å². The van der Waals surface area contributed by atoms with Crippen molar-refractivity contribution in [3.05, 3.63) is 58.9 Å². The third kappa shape index (κ3) is 6.82. The van der Waals surface area contributed by atoms with Gasteiger partial charge in [-0.3, -0.25) is 13.9 Å². The number of halogens is 2. The molecule has 0 spiro atoms. The van der Waals surface area contributed by atoms with Crippen LogP contribution in [0.2, 0.25) is 5.02 Å². The SMILES string of the molecule is CC[C@H](C(=O)NC)N(Cc1ccc(F)cc1)C(=O)CN(c1ccc(OC)c(Cl)c1)S(C)(=O)=O. The fraction of sp³-hybridized carbons (Fsp3) is 0.364. The second-order valence-corrected chi connectivity index (χ2v) is 9.59. The van der Waals surface area contributed by atoms with E-state index in [2.05, 4.69) is 5.32 Å². The number of sulfonamides is 1. The van der Waals surface area contributed by atoms with Crippen LogP contribution in [0.1, 0.15) is 18.9 Å². The van der Waals surface area contributed by atoms with Crippen molar-refractivity contribution >= 4 is 39.1 Å². The van der Waals surface area contributed by atoms with Gasteiger partial charge in [-0.25, -0.2) is 12.8 Å². The molecule has 0 heterocycles. The highest BCUT2D eigenvalue weighted by atomic mass is 35.5. The Balaban J connectivity index is 2.44. The number of rotatable bonds is 10. The summed E-state index contributed by atoms with van der Waals surface area (Å²) >= 11 is 6.15. The molecule has 1 N–H and O–H groups in total. The van der Waals surface area contributed by atoms with Crippen molar-refractivity contribution in [2.75, 3.05) is 31.3 Å². The maximum Gasteiger partial charge on any atom is 0.244 e. The van der Waals surface area contributed by atoms with Crippen molar-refractivity contribution in [1.82, 2.24) is 10.2 Å². The molecule has 0 saturated carbocycles. The Kier molecular flexibility index (Phi) is 9.07. The zero-order chi connectivity index (χ0) is 24.8. The maximum absolute atomic E-state index is 13.4. The lowest BCUT2D eigenvalue weighted by Gasteiger charge is -2.32. The molecule has 0 aliphatic rings. The molecule has 2 aromatic rings. The molecule has 8 nitrogen and oxygen atoms in total. The summed E-state index contributed by atoms with van der Waals surface area (Å²) in [6.07, 6.45) is 1.26. The smallest absolute Gasteiger partial charge is 0.244 e. The molecular weight excluding hydrogens is 473 g/mol. The number of likely N-dealkylation sites (N-methyl/N-ethyl adjacent to an activating group) is 1. The first-order valence-electron chi connectivity index (χ1n) is 10.1. The summed E-state index contributed by atoms with van der Waals surface area (Å²) in [6, 6.07) is 9.01. The van der Waals surface area contributed by atoms with Crippen LogP contribution in [-0.2, 0) is 26.2 Å². The Morgan fingerprint density at radius 1 is 1.18 bits per heavy atom. The standard InChI is InChI=1S/C22H27ClFN3O5S/c1-5-19(22(29)25-2)26(13-15-6-8-16(24)9-7-15)21(28)14-27(33(4,30)31)17-10-11-20(32-3)18(23)12-17/h6-12,19H,5,13-14H2,1-4H3,(H,25,29)/t19-/m1/s1. The van der Waals surface area contributed by atoms with E-state index in [-0.39, 0.29) is 17.3 Å². The van der Waals surface area contributed by atoms with Gasteiger partial charge in [0.1, 0.15) is 24.2 Å². The predicted octanol–water partition coefficient (Wildman–Crippen LogP) is 2.81. The van der Waals surface area contributed by atoms with Gasteiger partial charge in [-0.1, -0.05) is 30.7 Å². The number of amides is 2. The van der Waals surface area contributed by atoms with E-state index in [1.165, 1.54) is 61.5 Å². The lowest BCUT2D eigenvalue weighted by molar-refractivity contribution is -0.140. The van der Waals surface area contributed by atoms with Gasteiger partial charge in [0.15, 0.2) is 0 Å². The number of anilines is 1. The van der Waals surface area contributed by atoms with Gasteiger partial charge in [-0.05, 0) is 42.3 Å². The first-order valence-corrected chi connectivity index (χ1v) is 12.3. The molecule has 0 radical (unpaired) electrons. The molecule has 1 atom stereocenters. The van der Waals surface area contributed by atoms with Crippen LogP contribution in [0.3, 0.4) is 0 Å². The van der Waals surface area contributed by atoms with E-state index >= 15 is 0 Å². The first kappa shape index (κ1) is 26.4. The van der Waals surface area contributed by atoms with Crippen molar-refractivity contribution in [2.45, 2.75) is 25.9 Å². The van der Waals surface area contributed by atoms with E-state index in [0.717, 1.165) is 10.6 Å². The van der Waals surface area contributed by atoms with Crippen molar-refractivity contribution in [3.8, 4) is 5.75 Å². The number of carbonyl (C=O) groups excluding carboxylic acids is 2. The van der Waals surface area contributed by atoms with Crippen molar-refractivity contribution in [2.24, 2.45) is 0 Å². The van der Waals surface area contributed by atoms with Gasteiger partial charge >= 0.3 is 0 Å². The van der Waals surface area contributed by atoms with E-state index in [1.807, 2.05) is 0 Å². The number of benzene rings is 2. The minimum absolute atomic E-state index is 0.00793. The Morgan fingerprint density at radius 3 is 2.30 bits per heavy atom. The lowest BCUT2D eigenvalue weighted by Crippen LogP contribution is -2.51. The zero-order valence-electron chi connectivity index (χ0n) is 18.8. The van der Waals surface area contributed by atoms with Crippen molar-refractivity contribution < 1.29 is 27.1 Å². The molecule has 11 heteroatoms. The maximum atomic E-state index is 13.4. The van der Waals surface area contributed by atoms with Gasteiger partial charge in [0.05, 0.1) is 24.1 Å². The predicted molar refractivity (Wildman–Crippen MR) is 125 cm³/mol. The van der Waals surface area contributed by atoms with E-state index < -0.39 is 40.2 Å². The van der Waals surface area contributed by atoms with Crippen LogP contribution in [0.4, 0.5) is 10.1 Å². The molecule has 0 bridgehead atoms. The van der Waals surface area contributed by atoms with Crippen LogP contribution < -0.4 is 14.4 Å². The van der Waals surface area contributed by atoms with Crippen LogP contribution in [-0.4, -0.2) is 58.1 Å². The fourth-order valence-electron chi connectivity index (χ4n) is 3.30. The number of methoxy groups -OCH3 is 1. The molecule has 0 aromatic heterocycles. The molecule has 0 unspecified atom stereocenters. The largest absolute Gasteiger partial charge is 0.495 e. The summed E-state index contributed by atoms with van der Waals surface area (Å²) in [7, 11) is -1.00. The third-order valence-corrected chi connectivity index (χ3v) is 6.44. The Bertz CT molecular complexity index is 1100. The average Bonchev–Trinajstić information content (AvgIpc) is 2.77. The summed E-state index contributed by atoms with van der Waals surface area (Å²) in [4.78, 5) is 27.1. The van der Waals surface area contributed by atoms with Crippen molar-refractivity contribution in [1.29, 1.82) is 0 Å². The van der Waals surface area contributed by atoms with E-state index in [9.17, 15) is 22.4 Å². The second-order valence-electron chi connectivity index (χ2n) is 7.27. The van der Waals surface area contributed by atoms with Gasteiger partial charge in [0, 0.05) is 13.6 Å². The summed E-state index contributed by atoms with van der Waals surface area (Å²) in [6.45, 7) is 1.17. The number of hydrogen-bond donors (Lipinski definition) is 1. The molecule has 33 heavy (non-hydrogen) atoms. The normalized spacial score (nSPS) is 12.1. The fourth-order valence-corrected chi connectivity index (χ4v) is 4.39. The number of nitrogens with one attached hydrogen (secondary N) is 1. The van der Waals surface area contributed by atoms with Crippen LogP contribution in [0.15, 0.2) is 42.5 Å². The minimum atomic E-state index is -3.88. The monoisotopic (exact) mass is 499 g/mol. The second kappa shape index (κ2) is 11.3. The molecular formula is C22H27ClFN3O5S. The van der Waals surface area contributed by atoms with Crippen LogP contribution in [0.5, 0.6) is 5.75 Å². The highest BCUT2D eigenvalue weighted by molar-refractivity contribution is 7.92. The minimum Gasteiger partial charge on any atom is -0.495 e. The molecule has 0 aliphatic heterocycles. The summed E-state index contributed by atoms with van der Waals surface area (Å²) in [5.74, 6) is -1.09. The van der Waals surface area contributed by atoms with Crippen LogP contribution >= 0.6 is 11.6 Å². The van der Waals surface area contributed by atoms with Gasteiger partial charge in [-0.15, -0.1) is 0 Å². The van der Waals surface area contributed by atoms with E-state index in [4.69, 9.17) is 16.3 Å². The quantitative estimate of drug-likeness (QED) is 0.542. The van der Waals surface area contributed by atoms with Gasteiger partial charge in [-0.2, -0.15) is 0 Å². The van der Waals surface area contributed by atoms with Gasteiger partial charge in [0.25, 0.3) is 0 Å². The zero-order valence-corrected chi connectivity index (χ0v) is 20.4. The summed E-state index contributed by atoms with van der Waals surface area (Å²) < 4.78 is 44.4. The van der Waals surface area contributed by atoms with Crippen molar-refractivity contribution in [3.63, 3.8) is 0 Å². The Labute approximate surface area is 198 Å². The number of carbonyl (C=O) groups is 2. The van der Waals surface area contributed by atoms with Gasteiger partial charge < -0.3 is 15.0 Å². The molecule has 2 rings (SSSR count). The first-order chi connectivity index (χ1) is 15.5. The highest BCUT2D eigenvalue weighted by Crippen LogP contribution is 2.30. The third-order valence-electron chi connectivity index (χ3n) is 5.00. The molecule has 0 aliphatic carbocycles. The number of ether oxygens (including phenoxy) is 1. The van der Waals surface area contributed by atoms with Crippen LogP contribution in [0.25, 0.3) is 0 Å². The van der Waals surface area contributed by atoms with E-state index in [1.54, 1.807) is 6.92 Å². The molecule has 0 fully saturated rings. The summed E-state index contributed by atoms with van der Waals surface area (Å²) in [5.41, 5.74) is 0.761.